The van der Waals surface area contributed by atoms with Gasteiger partial charge in [-0.2, -0.15) is 0 Å². The fourth-order valence-electron chi connectivity index (χ4n) is 1.29. The summed E-state index contributed by atoms with van der Waals surface area (Å²) in [4.78, 5) is 4.40. The molecule has 0 aliphatic rings. The summed E-state index contributed by atoms with van der Waals surface area (Å²) in [6.07, 6.45) is 0. The Kier molecular flexibility index (Phi) is 2.44. The number of halogens is 1. The third-order valence-electron chi connectivity index (χ3n) is 2.53. The SMILES string of the molecule is CNC(C)(C)c1nc2cccc(Cl)c2o1. The number of fused-ring (bicyclic) bond motifs is 1. The summed E-state index contributed by atoms with van der Waals surface area (Å²) in [6, 6.07) is 5.55. The largest absolute Gasteiger partial charge is 0.437 e. The minimum absolute atomic E-state index is 0.289. The van der Waals surface area contributed by atoms with Crippen LogP contribution in [0.15, 0.2) is 22.6 Å². The molecule has 0 unspecified atom stereocenters. The number of rotatable bonds is 2. The molecule has 0 atom stereocenters. The van der Waals surface area contributed by atoms with E-state index in [1.54, 1.807) is 6.07 Å². The molecule has 2 rings (SSSR count). The predicted octanol–water partition coefficient (Wildman–Crippen LogP) is 2.94. The molecule has 1 aromatic heterocycles. The summed E-state index contributed by atoms with van der Waals surface area (Å²) in [5.74, 6) is 0.646. The van der Waals surface area contributed by atoms with Crippen molar-refractivity contribution in [2.45, 2.75) is 19.4 Å². The summed E-state index contributed by atoms with van der Waals surface area (Å²) in [5.41, 5.74) is 1.15. The zero-order valence-corrected chi connectivity index (χ0v) is 9.72. The Bertz CT molecular complexity index is 490. The number of benzene rings is 1. The van der Waals surface area contributed by atoms with Gasteiger partial charge in [0.15, 0.2) is 5.58 Å². The molecular formula is C11H13ClN2O. The van der Waals surface area contributed by atoms with E-state index in [1.165, 1.54) is 0 Å². The van der Waals surface area contributed by atoms with Crippen molar-refractivity contribution in [3.63, 3.8) is 0 Å². The highest BCUT2D eigenvalue weighted by molar-refractivity contribution is 6.34. The Morgan fingerprint density at radius 1 is 1.40 bits per heavy atom. The maximum Gasteiger partial charge on any atom is 0.215 e. The number of para-hydroxylation sites is 1. The molecule has 80 valence electrons. The van der Waals surface area contributed by atoms with Crippen LogP contribution in [-0.2, 0) is 5.54 Å². The summed E-state index contributed by atoms with van der Waals surface area (Å²) >= 11 is 6.01. The van der Waals surface area contributed by atoms with E-state index < -0.39 is 0 Å². The van der Waals surface area contributed by atoms with Gasteiger partial charge in [-0.3, -0.25) is 0 Å². The fraction of sp³-hybridized carbons (Fsp3) is 0.364. The van der Waals surface area contributed by atoms with Crippen LogP contribution in [0, 0.1) is 0 Å². The number of aromatic nitrogens is 1. The second-order valence-corrected chi connectivity index (χ2v) is 4.39. The molecule has 0 fully saturated rings. The Morgan fingerprint density at radius 3 is 2.73 bits per heavy atom. The topological polar surface area (TPSA) is 38.1 Å². The lowest BCUT2D eigenvalue weighted by atomic mass is 10.1. The third-order valence-corrected chi connectivity index (χ3v) is 2.82. The Hall–Kier alpha value is -1.06. The van der Waals surface area contributed by atoms with Gasteiger partial charge >= 0.3 is 0 Å². The molecule has 1 N–H and O–H groups in total. The normalized spacial score (nSPS) is 12.3. The van der Waals surface area contributed by atoms with Crippen molar-refractivity contribution in [3.8, 4) is 0 Å². The summed E-state index contributed by atoms with van der Waals surface area (Å²) in [7, 11) is 1.87. The molecule has 0 amide bonds. The number of nitrogens with zero attached hydrogens (tertiary/aromatic N) is 1. The highest BCUT2D eigenvalue weighted by Crippen LogP contribution is 2.28. The molecule has 1 aromatic carbocycles. The third kappa shape index (κ3) is 1.73. The van der Waals surface area contributed by atoms with Crippen molar-refractivity contribution in [3.05, 3.63) is 29.1 Å². The minimum Gasteiger partial charge on any atom is -0.437 e. The van der Waals surface area contributed by atoms with E-state index in [4.69, 9.17) is 16.0 Å². The van der Waals surface area contributed by atoms with Crippen molar-refractivity contribution >= 4 is 22.7 Å². The summed E-state index contributed by atoms with van der Waals surface area (Å²) in [5, 5.41) is 3.73. The van der Waals surface area contributed by atoms with E-state index in [9.17, 15) is 0 Å². The molecule has 0 saturated carbocycles. The average molecular weight is 225 g/mol. The Morgan fingerprint density at radius 2 is 2.13 bits per heavy atom. The molecule has 0 radical (unpaired) electrons. The van der Waals surface area contributed by atoms with Crippen LogP contribution in [0.4, 0.5) is 0 Å². The van der Waals surface area contributed by atoms with Crippen LogP contribution in [0.2, 0.25) is 5.02 Å². The lowest BCUT2D eigenvalue weighted by Gasteiger charge is -2.18. The molecule has 15 heavy (non-hydrogen) atoms. The molecule has 3 nitrogen and oxygen atoms in total. The zero-order chi connectivity index (χ0) is 11.1. The minimum atomic E-state index is -0.289. The van der Waals surface area contributed by atoms with Crippen LogP contribution in [0.1, 0.15) is 19.7 Å². The van der Waals surface area contributed by atoms with Crippen molar-refractivity contribution in [2.75, 3.05) is 7.05 Å². The molecular weight excluding hydrogens is 212 g/mol. The van der Waals surface area contributed by atoms with Gasteiger partial charge in [0.2, 0.25) is 5.89 Å². The van der Waals surface area contributed by atoms with E-state index in [0.29, 0.717) is 16.5 Å². The van der Waals surface area contributed by atoms with Crippen molar-refractivity contribution in [1.29, 1.82) is 0 Å². The van der Waals surface area contributed by atoms with Gasteiger partial charge in [0, 0.05) is 0 Å². The lowest BCUT2D eigenvalue weighted by Crippen LogP contribution is -2.33. The monoisotopic (exact) mass is 224 g/mol. The van der Waals surface area contributed by atoms with E-state index >= 15 is 0 Å². The van der Waals surface area contributed by atoms with Crippen LogP contribution < -0.4 is 5.32 Å². The smallest absolute Gasteiger partial charge is 0.215 e. The maximum absolute atomic E-state index is 6.01. The molecule has 0 aliphatic heterocycles. The van der Waals surface area contributed by atoms with Gasteiger partial charge in [-0.25, -0.2) is 4.98 Å². The molecule has 0 bridgehead atoms. The second kappa shape index (κ2) is 3.51. The highest BCUT2D eigenvalue weighted by Gasteiger charge is 2.24. The number of hydrogen-bond donors (Lipinski definition) is 1. The first-order valence-electron chi connectivity index (χ1n) is 4.79. The second-order valence-electron chi connectivity index (χ2n) is 3.98. The Balaban J connectivity index is 2.62. The fourth-order valence-corrected chi connectivity index (χ4v) is 1.50. The van der Waals surface area contributed by atoms with Gasteiger partial charge < -0.3 is 9.73 Å². The summed E-state index contributed by atoms with van der Waals surface area (Å²) < 4.78 is 5.65. The van der Waals surface area contributed by atoms with E-state index in [1.807, 2.05) is 33.0 Å². The molecule has 0 saturated heterocycles. The van der Waals surface area contributed by atoms with Gasteiger partial charge in [-0.05, 0) is 33.0 Å². The Labute approximate surface area is 93.4 Å². The van der Waals surface area contributed by atoms with E-state index in [-0.39, 0.29) is 5.54 Å². The van der Waals surface area contributed by atoms with Crippen molar-refractivity contribution < 1.29 is 4.42 Å². The average Bonchev–Trinajstić information content (AvgIpc) is 2.64. The molecule has 0 aliphatic carbocycles. The maximum atomic E-state index is 6.01. The van der Waals surface area contributed by atoms with Gasteiger partial charge in [-0.1, -0.05) is 17.7 Å². The van der Waals surface area contributed by atoms with E-state index in [2.05, 4.69) is 10.3 Å². The quantitative estimate of drug-likeness (QED) is 0.853. The van der Waals surface area contributed by atoms with Crippen LogP contribution in [0.5, 0.6) is 0 Å². The van der Waals surface area contributed by atoms with Crippen LogP contribution in [-0.4, -0.2) is 12.0 Å². The van der Waals surface area contributed by atoms with Crippen molar-refractivity contribution in [2.24, 2.45) is 0 Å². The van der Waals surface area contributed by atoms with Gasteiger partial charge in [0.05, 0.1) is 10.6 Å². The first kappa shape index (κ1) is 10.5. The predicted molar refractivity (Wildman–Crippen MR) is 61.1 cm³/mol. The van der Waals surface area contributed by atoms with Gasteiger partial charge in [0.25, 0.3) is 0 Å². The number of hydrogen-bond acceptors (Lipinski definition) is 3. The lowest BCUT2D eigenvalue weighted by molar-refractivity contribution is 0.338. The standard InChI is InChI=1S/C11H13ClN2O/c1-11(2,13-3)10-14-8-6-4-5-7(12)9(8)15-10/h4-6,13H,1-3H3. The number of oxazole rings is 1. The van der Waals surface area contributed by atoms with Crippen LogP contribution in [0.3, 0.4) is 0 Å². The van der Waals surface area contributed by atoms with Crippen LogP contribution in [0.25, 0.3) is 11.1 Å². The van der Waals surface area contributed by atoms with E-state index in [0.717, 1.165) is 5.52 Å². The first-order chi connectivity index (χ1) is 7.04. The van der Waals surface area contributed by atoms with Gasteiger partial charge in [-0.15, -0.1) is 0 Å². The van der Waals surface area contributed by atoms with Gasteiger partial charge in [0.1, 0.15) is 5.52 Å². The molecule has 1 heterocycles. The number of nitrogens with one attached hydrogen (secondary N) is 1. The molecule has 4 heteroatoms. The first-order valence-corrected chi connectivity index (χ1v) is 5.17. The highest BCUT2D eigenvalue weighted by atomic mass is 35.5. The molecule has 2 aromatic rings. The summed E-state index contributed by atoms with van der Waals surface area (Å²) in [6.45, 7) is 4.01. The zero-order valence-electron chi connectivity index (χ0n) is 8.97. The molecule has 0 spiro atoms. The van der Waals surface area contributed by atoms with Crippen molar-refractivity contribution in [1.82, 2.24) is 10.3 Å². The van der Waals surface area contributed by atoms with Crippen LogP contribution >= 0.6 is 11.6 Å².